The van der Waals surface area contributed by atoms with Crippen molar-refractivity contribution in [1.29, 1.82) is 0 Å². The largest absolute Gasteiger partial charge is 0.391 e. The minimum Gasteiger partial charge on any atom is -0.391 e. The van der Waals surface area contributed by atoms with Crippen LogP contribution in [0.3, 0.4) is 0 Å². The molecule has 0 bridgehead atoms. The van der Waals surface area contributed by atoms with Crippen LogP contribution < -0.4 is 0 Å². The number of carbonyl (C=O) groups excluding carboxylic acids is 1. The van der Waals surface area contributed by atoms with E-state index in [0.717, 1.165) is 0 Å². The van der Waals surface area contributed by atoms with E-state index in [-0.39, 0.29) is 13.0 Å². The van der Waals surface area contributed by atoms with Crippen LogP contribution in [0.15, 0.2) is 5.11 Å². The van der Waals surface area contributed by atoms with Gasteiger partial charge in [0.2, 0.25) is 5.91 Å². The number of aliphatic hydroxyl groups is 1. The van der Waals surface area contributed by atoms with E-state index in [0.29, 0.717) is 0 Å². The summed E-state index contributed by atoms with van der Waals surface area (Å²) < 4.78 is 13.6. The molecule has 2 aliphatic heterocycles. The van der Waals surface area contributed by atoms with E-state index in [2.05, 4.69) is 10.0 Å². The molecule has 2 saturated heterocycles. The summed E-state index contributed by atoms with van der Waals surface area (Å²) in [5.74, 6) is -0.402. The molecule has 82 valence electrons. The van der Waals surface area contributed by atoms with Crippen molar-refractivity contribution in [2.45, 2.75) is 37.2 Å². The number of carbonyl (C=O) groups is 1. The molecule has 2 aliphatic rings. The van der Waals surface area contributed by atoms with Crippen LogP contribution in [0, 0.1) is 0 Å². The highest BCUT2D eigenvalue weighted by Crippen LogP contribution is 2.37. The first-order valence-corrected chi connectivity index (χ1v) is 4.68. The van der Waals surface area contributed by atoms with Crippen LogP contribution in [-0.2, 0) is 4.79 Å². The van der Waals surface area contributed by atoms with Crippen LogP contribution in [0.5, 0.6) is 0 Å². The molecule has 0 aromatic heterocycles. The highest BCUT2D eigenvalue weighted by atomic mass is 19.1. The van der Waals surface area contributed by atoms with Gasteiger partial charge in [-0.15, -0.1) is 0 Å². The predicted octanol–water partition coefficient (Wildman–Crippen LogP) is 0.369. The summed E-state index contributed by atoms with van der Waals surface area (Å²) in [6, 6.07) is -1.40. The van der Waals surface area contributed by atoms with Gasteiger partial charge in [-0.2, -0.15) is 0 Å². The molecule has 7 heteroatoms. The van der Waals surface area contributed by atoms with Crippen molar-refractivity contribution < 1.29 is 14.3 Å². The van der Waals surface area contributed by atoms with Gasteiger partial charge in [0.15, 0.2) is 0 Å². The molecular formula is C8H11FN4O2. The van der Waals surface area contributed by atoms with Crippen molar-refractivity contribution in [3.63, 3.8) is 0 Å². The average molecular weight is 214 g/mol. The zero-order chi connectivity index (χ0) is 11.2. The van der Waals surface area contributed by atoms with E-state index < -0.39 is 29.8 Å². The van der Waals surface area contributed by atoms with Crippen molar-refractivity contribution in [2.24, 2.45) is 5.11 Å². The fourth-order valence-electron chi connectivity index (χ4n) is 2.30. The van der Waals surface area contributed by atoms with Crippen LogP contribution >= 0.6 is 0 Å². The van der Waals surface area contributed by atoms with E-state index in [4.69, 9.17) is 5.53 Å². The first kappa shape index (κ1) is 10.2. The second-order valence-corrected chi connectivity index (χ2v) is 4.29. The average Bonchev–Trinajstić information content (AvgIpc) is 2.13. The normalized spacial score (nSPS) is 44.1. The number of fused-ring (bicyclic) bond motifs is 1. The summed E-state index contributed by atoms with van der Waals surface area (Å²) >= 11 is 0. The number of aliphatic hydroxyl groups excluding tert-OH is 1. The van der Waals surface area contributed by atoms with Crippen molar-refractivity contribution >= 4 is 5.91 Å². The number of piperidine rings is 1. The number of β-lactam (4-membered cyclic amide) rings is 1. The molecule has 2 rings (SSSR count). The van der Waals surface area contributed by atoms with Crippen LogP contribution in [0.25, 0.3) is 10.4 Å². The minimum atomic E-state index is -1.56. The molecule has 0 radical (unpaired) electrons. The van der Waals surface area contributed by atoms with E-state index in [1.54, 1.807) is 0 Å². The molecule has 1 N–H and O–H groups in total. The number of amides is 1. The molecule has 0 spiro atoms. The number of hydrogen-bond donors (Lipinski definition) is 1. The molecular weight excluding hydrogens is 203 g/mol. The Morgan fingerprint density at radius 1 is 1.80 bits per heavy atom. The molecule has 0 saturated carbocycles. The summed E-state index contributed by atoms with van der Waals surface area (Å²) in [4.78, 5) is 15.2. The predicted molar refractivity (Wildman–Crippen MR) is 48.6 cm³/mol. The van der Waals surface area contributed by atoms with Gasteiger partial charge in [-0.25, -0.2) is 4.39 Å². The smallest absolute Gasteiger partial charge is 0.234 e. The Hall–Kier alpha value is -1.33. The standard InChI is InChI=1S/C8H11FN4O2/c1-8(9)2-4(14)6-5(11-12-10)7(15)13(6)3-8/h4-6,14H,2-3H2,1H3/t4-,5+,6-,8+/m0/s1. The van der Waals surface area contributed by atoms with Gasteiger partial charge in [0.1, 0.15) is 11.7 Å². The Bertz CT molecular complexity index is 353. The maximum Gasteiger partial charge on any atom is 0.234 e. The van der Waals surface area contributed by atoms with E-state index >= 15 is 0 Å². The maximum absolute atomic E-state index is 13.6. The second-order valence-electron chi connectivity index (χ2n) is 4.29. The van der Waals surface area contributed by atoms with Gasteiger partial charge in [-0.3, -0.25) is 4.79 Å². The molecule has 0 aromatic rings. The molecule has 1 amide bonds. The first-order chi connectivity index (χ1) is 6.96. The summed E-state index contributed by atoms with van der Waals surface area (Å²) in [7, 11) is 0. The van der Waals surface area contributed by atoms with Crippen LogP contribution in [-0.4, -0.2) is 46.3 Å². The number of rotatable bonds is 1. The zero-order valence-corrected chi connectivity index (χ0v) is 8.17. The van der Waals surface area contributed by atoms with E-state index in [1.807, 2.05) is 0 Å². The molecule has 6 nitrogen and oxygen atoms in total. The Balaban J connectivity index is 2.19. The fraction of sp³-hybridized carbons (Fsp3) is 0.875. The summed E-state index contributed by atoms with van der Waals surface area (Å²) in [6.07, 6.45) is -0.985. The summed E-state index contributed by atoms with van der Waals surface area (Å²) in [6.45, 7) is 1.31. The van der Waals surface area contributed by atoms with E-state index in [1.165, 1.54) is 11.8 Å². The Kier molecular flexibility index (Phi) is 2.09. The third-order valence-corrected chi connectivity index (χ3v) is 2.92. The van der Waals surface area contributed by atoms with Gasteiger partial charge in [0, 0.05) is 11.3 Å². The monoisotopic (exact) mass is 214 g/mol. The van der Waals surface area contributed by atoms with Crippen molar-refractivity contribution in [3.05, 3.63) is 10.4 Å². The van der Waals surface area contributed by atoms with Gasteiger partial charge in [-0.05, 0) is 12.5 Å². The third-order valence-electron chi connectivity index (χ3n) is 2.92. The number of azide groups is 1. The number of halogens is 1. The highest BCUT2D eigenvalue weighted by Gasteiger charge is 2.56. The van der Waals surface area contributed by atoms with Crippen molar-refractivity contribution in [1.82, 2.24) is 4.90 Å². The third kappa shape index (κ3) is 1.44. The molecule has 15 heavy (non-hydrogen) atoms. The van der Waals surface area contributed by atoms with Gasteiger partial charge < -0.3 is 10.0 Å². The summed E-state index contributed by atoms with van der Waals surface area (Å²) in [5, 5.41) is 12.9. The second kappa shape index (κ2) is 3.08. The number of alkyl halides is 1. The molecule has 0 unspecified atom stereocenters. The topological polar surface area (TPSA) is 89.3 Å². The SMILES string of the molecule is C[C@@]1(F)C[C@H](O)[C@H]2[C@@H](N=[N+]=[N-])C(=O)N2C1. The van der Waals surface area contributed by atoms with Gasteiger partial charge in [0.25, 0.3) is 0 Å². The van der Waals surface area contributed by atoms with E-state index in [9.17, 15) is 14.3 Å². The molecule has 2 heterocycles. The first-order valence-electron chi connectivity index (χ1n) is 4.68. The van der Waals surface area contributed by atoms with Crippen molar-refractivity contribution in [3.8, 4) is 0 Å². The molecule has 0 aromatic carbocycles. The maximum atomic E-state index is 13.6. The molecule has 2 fully saturated rings. The minimum absolute atomic E-state index is 0.0289. The lowest BCUT2D eigenvalue weighted by Gasteiger charge is -2.53. The van der Waals surface area contributed by atoms with Crippen LogP contribution in [0.2, 0.25) is 0 Å². The lowest BCUT2D eigenvalue weighted by atomic mass is 9.79. The molecule has 0 aliphatic carbocycles. The zero-order valence-electron chi connectivity index (χ0n) is 8.17. The fourth-order valence-corrected chi connectivity index (χ4v) is 2.30. The quantitative estimate of drug-likeness (QED) is 0.295. The number of nitrogens with zero attached hydrogens (tertiary/aromatic N) is 4. The molecule has 4 atom stereocenters. The van der Waals surface area contributed by atoms with Crippen molar-refractivity contribution in [2.75, 3.05) is 6.54 Å². The van der Waals surface area contributed by atoms with Gasteiger partial charge in [0.05, 0.1) is 18.7 Å². The highest BCUT2D eigenvalue weighted by molar-refractivity contribution is 5.90. The lowest BCUT2D eigenvalue weighted by Crippen LogP contribution is -2.73. The van der Waals surface area contributed by atoms with Gasteiger partial charge in [-0.1, -0.05) is 5.11 Å². The Labute approximate surface area is 85.3 Å². The van der Waals surface area contributed by atoms with Gasteiger partial charge >= 0.3 is 0 Å². The number of hydrogen-bond acceptors (Lipinski definition) is 3. The Morgan fingerprint density at radius 2 is 2.47 bits per heavy atom. The lowest BCUT2D eigenvalue weighted by molar-refractivity contribution is -0.171. The Morgan fingerprint density at radius 3 is 3.07 bits per heavy atom. The van der Waals surface area contributed by atoms with Crippen LogP contribution in [0.4, 0.5) is 4.39 Å². The van der Waals surface area contributed by atoms with Crippen LogP contribution in [0.1, 0.15) is 13.3 Å². The summed E-state index contributed by atoms with van der Waals surface area (Å²) in [5.41, 5.74) is 6.67.